The van der Waals surface area contributed by atoms with Gasteiger partial charge in [0.05, 0.1) is 24.3 Å². The van der Waals surface area contributed by atoms with Gasteiger partial charge in [-0.05, 0) is 64.0 Å². The van der Waals surface area contributed by atoms with E-state index >= 15 is 8.78 Å². The van der Waals surface area contributed by atoms with Crippen molar-refractivity contribution in [2.45, 2.75) is 63.3 Å². The molecule has 3 N–H and O–H groups in total. The van der Waals surface area contributed by atoms with Crippen molar-refractivity contribution in [1.82, 2.24) is 20.2 Å². The molecule has 1 unspecified atom stereocenters. The molecule has 198 valence electrons. The van der Waals surface area contributed by atoms with Crippen LogP contribution in [0.15, 0.2) is 24.5 Å². The molecule has 0 saturated carbocycles. The topological polar surface area (TPSA) is 108 Å². The van der Waals surface area contributed by atoms with Gasteiger partial charge in [-0.25, -0.2) is 18.7 Å². The number of piperidine rings is 1. The highest BCUT2D eigenvalue weighted by Crippen LogP contribution is 2.45. The Labute approximate surface area is 214 Å². The summed E-state index contributed by atoms with van der Waals surface area (Å²) in [7, 11) is 1.63. The molecular formula is C25H33ClF2N4O4. The van der Waals surface area contributed by atoms with Crippen molar-refractivity contribution in [1.29, 1.82) is 0 Å². The van der Waals surface area contributed by atoms with Crippen molar-refractivity contribution in [3.8, 4) is 0 Å². The van der Waals surface area contributed by atoms with E-state index in [1.807, 2.05) is 0 Å². The number of alkyl halides is 1. The van der Waals surface area contributed by atoms with Crippen molar-refractivity contribution < 1.29 is 28.5 Å². The number of benzene rings is 1. The lowest BCUT2D eigenvalue weighted by Crippen LogP contribution is -2.54. The summed E-state index contributed by atoms with van der Waals surface area (Å²) in [4.78, 5) is 22.0. The Kier molecular flexibility index (Phi) is 9.48. The summed E-state index contributed by atoms with van der Waals surface area (Å²) < 4.78 is 37.5. The minimum atomic E-state index is -1.98. The van der Waals surface area contributed by atoms with Crippen LogP contribution < -0.4 is 5.32 Å². The predicted octanol–water partition coefficient (Wildman–Crippen LogP) is 3.30. The first-order valence-electron chi connectivity index (χ1n) is 11.9. The van der Waals surface area contributed by atoms with Crippen molar-refractivity contribution >= 4 is 17.9 Å². The van der Waals surface area contributed by atoms with Gasteiger partial charge < -0.3 is 20.3 Å². The first-order valence-corrected chi connectivity index (χ1v) is 12.3. The maximum atomic E-state index is 16.0. The van der Waals surface area contributed by atoms with Crippen LogP contribution in [0.1, 0.15) is 66.6 Å². The summed E-state index contributed by atoms with van der Waals surface area (Å²) in [6, 6.07) is 2.39. The van der Waals surface area contributed by atoms with E-state index in [1.165, 1.54) is 25.4 Å². The second kappa shape index (κ2) is 12.0. The molecule has 11 heteroatoms. The average molecular weight is 527 g/mol. The Morgan fingerprint density at radius 2 is 1.97 bits per heavy atom. The fourth-order valence-electron chi connectivity index (χ4n) is 4.64. The summed E-state index contributed by atoms with van der Waals surface area (Å²) in [6.45, 7) is 3.88. The number of nitrogens with one attached hydrogen (secondary N) is 1. The maximum absolute atomic E-state index is 16.0. The first-order chi connectivity index (χ1) is 17.0. The second-order valence-corrected chi connectivity index (χ2v) is 9.71. The van der Waals surface area contributed by atoms with Gasteiger partial charge >= 0.3 is 0 Å². The average Bonchev–Trinajstić information content (AvgIpc) is 2.85. The number of aromatic nitrogens is 2. The fourth-order valence-corrected chi connectivity index (χ4v) is 4.74. The van der Waals surface area contributed by atoms with Gasteiger partial charge in [0.15, 0.2) is 6.29 Å². The molecule has 1 saturated heterocycles. The fraction of sp³-hybridized carbons (Fsp3) is 0.560. The van der Waals surface area contributed by atoms with Gasteiger partial charge in [0.1, 0.15) is 29.1 Å². The van der Waals surface area contributed by atoms with E-state index in [0.717, 1.165) is 6.07 Å². The molecule has 1 aliphatic heterocycles. The highest BCUT2D eigenvalue weighted by molar-refractivity contribution is 6.30. The molecule has 3 atom stereocenters. The van der Waals surface area contributed by atoms with E-state index in [1.54, 1.807) is 18.9 Å². The van der Waals surface area contributed by atoms with Gasteiger partial charge in [-0.15, -0.1) is 0 Å². The van der Waals surface area contributed by atoms with Crippen molar-refractivity contribution in [2.24, 2.45) is 0 Å². The third-order valence-electron chi connectivity index (χ3n) is 6.62. The number of halogens is 3. The smallest absolute Gasteiger partial charge is 0.150 e. The minimum absolute atomic E-state index is 0.00362. The lowest BCUT2D eigenvalue weighted by molar-refractivity contribution is -0.127. The number of ether oxygens (including phenoxy) is 1. The molecule has 1 aromatic heterocycles. The number of hydrogen-bond acceptors (Lipinski definition) is 8. The van der Waals surface area contributed by atoms with Crippen LogP contribution in [0, 0.1) is 5.82 Å². The minimum Gasteiger partial charge on any atom is -0.391 e. The van der Waals surface area contributed by atoms with Crippen LogP contribution in [0.4, 0.5) is 8.78 Å². The number of rotatable bonds is 11. The van der Waals surface area contributed by atoms with Crippen molar-refractivity contribution in [3.05, 3.63) is 57.9 Å². The predicted molar refractivity (Wildman–Crippen MR) is 131 cm³/mol. The van der Waals surface area contributed by atoms with E-state index in [-0.39, 0.29) is 49.1 Å². The zero-order chi connectivity index (χ0) is 26.5. The molecule has 0 aliphatic carbocycles. The molecule has 1 aliphatic rings. The van der Waals surface area contributed by atoms with Gasteiger partial charge in [-0.1, -0.05) is 18.5 Å². The summed E-state index contributed by atoms with van der Waals surface area (Å²) in [6.07, 6.45) is 1.45. The quantitative estimate of drug-likeness (QED) is 0.302. The van der Waals surface area contributed by atoms with Crippen molar-refractivity contribution in [2.75, 3.05) is 26.7 Å². The number of aldehydes is 1. The Morgan fingerprint density at radius 3 is 2.53 bits per heavy atom. The van der Waals surface area contributed by atoms with Crippen molar-refractivity contribution in [3.63, 3.8) is 0 Å². The van der Waals surface area contributed by atoms with E-state index in [0.29, 0.717) is 30.2 Å². The number of hydrogen-bond donors (Lipinski definition) is 3. The highest BCUT2D eigenvalue weighted by Gasteiger charge is 2.52. The lowest BCUT2D eigenvalue weighted by Gasteiger charge is -2.44. The molecule has 8 nitrogen and oxygen atoms in total. The zero-order valence-corrected chi connectivity index (χ0v) is 21.4. The number of aliphatic hydroxyl groups is 2. The van der Waals surface area contributed by atoms with Crippen LogP contribution in [-0.4, -0.2) is 69.9 Å². The monoisotopic (exact) mass is 526 g/mol. The zero-order valence-electron chi connectivity index (χ0n) is 20.7. The molecule has 0 spiro atoms. The van der Waals surface area contributed by atoms with Crippen LogP contribution in [-0.2, 0) is 16.9 Å². The van der Waals surface area contributed by atoms with Crippen LogP contribution in [0.2, 0.25) is 5.02 Å². The van der Waals surface area contributed by atoms with Crippen LogP contribution in [0.5, 0.6) is 0 Å². The number of carbonyl (C=O) groups is 1. The van der Waals surface area contributed by atoms with E-state index in [4.69, 9.17) is 16.3 Å². The number of nitrogens with zero attached hydrogens (tertiary/aromatic N) is 3. The molecule has 2 aromatic rings. The third kappa shape index (κ3) is 6.07. The Balaban J connectivity index is 2.03. The van der Waals surface area contributed by atoms with E-state index < -0.39 is 29.4 Å². The van der Waals surface area contributed by atoms with Crippen LogP contribution in [0.3, 0.4) is 0 Å². The molecule has 2 heterocycles. The molecule has 0 amide bonds. The third-order valence-corrected chi connectivity index (χ3v) is 6.82. The Bertz CT molecular complexity index is 1040. The SMILES string of the molecule is CCC(O)(c1cc(F)c([C@@H](OC[C@@H](C)O)N(C)Cc2ncc(Cl)cn2)c(C=O)c1)C1(F)CCNCC1. The van der Waals surface area contributed by atoms with Gasteiger partial charge in [0, 0.05) is 23.5 Å². The van der Waals surface area contributed by atoms with Gasteiger partial charge in [0.2, 0.25) is 0 Å². The maximum Gasteiger partial charge on any atom is 0.150 e. The summed E-state index contributed by atoms with van der Waals surface area (Å²) >= 11 is 5.85. The molecule has 1 aromatic carbocycles. The first kappa shape index (κ1) is 28.5. The number of aliphatic hydroxyl groups excluding tert-OH is 1. The Hall–Kier alpha value is -2.08. The largest absolute Gasteiger partial charge is 0.391 e. The second-order valence-electron chi connectivity index (χ2n) is 9.28. The summed E-state index contributed by atoms with van der Waals surface area (Å²) in [5.74, 6) is -0.457. The normalized spacial score (nSPS) is 19.0. The van der Waals surface area contributed by atoms with Gasteiger partial charge in [-0.2, -0.15) is 0 Å². The van der Waals surface area contributed by atoms with Crippen LogP contribution >= 0.6 is 11.6 Å². The number of carbonyl (C=O) groups excluding carboxylic acids is 1. The molecule has 0 radical (unpaired) electrons. The summed E-state index contributed by atoms with van der Waals surface area (Å²) in [5, 5.41) is 24.7. The molecule has 3 rings (SSSR count). The molecule has 0 bridgehead atoms. The molecule has 1 fully saturated rings. The van der Waals surface area contributed by atoms with Gasteiger partial charge in [-0.3, -0.25) is 9.69 Å². The standard InChI is InChI=1S/C25H33ClF2N4O4/c1-4-25(35,24(28)5-7-29-8-6-24)18-9-17(14-33)22(20(27)10-18)23(36-15-16(2)34)32(3)13-21-30-11-19(26)12-31-21/h9-12,14,16,23,29,34-35H,4-8,13,15H2,1-3H3/t16-,23-,25?/m1/s1. The van der Waals surface area contributed by atoms with Crippen LogP contribution in [0.25, 0.3) is 0 Å². The lowest BCUT2D eigenvalue weighted by atomic mass is 9.71. The van der Waals surface area contributed by atoms with E-state index in [2.05, 4.69) is 15.3 Å². The highest BCUT2D eigenvalue weighted by atomic mass is 35.5. The van der Waals surface area contributed by atoms with E-state index in [9.17, 15) is 15.0 Å². The summed E-state index contributed by atoms with van der Waals surface area (Å²) in [5.41, 5.74) is -4.15. The Morgan fingerprint density at radius 1 is 1.33 bits per heavy atom. The molecule has 36 heavy (non-hydrogen) atoms. The molecular weight excluding hydrogens is 494 g/mol. The van der Waals surface area contributed by atoms with Gasteiger partial charge in [0.25, 0.3) is 0 Å².